The summed E-state index contributed by atoms with van der Waals surface area (Å²) in [6.45, 7) is 8.46. The molecule has 0 saturated carbocycles. The van der Waals surface area contributed by atoms with Crippen LogP contribution in [0.3, 0.4) is 0 Å². The number of rotatable bonds is 5. The van der Waals surface area contributed by atoms with Gasteiger partial charge in [-0.3, -0.25) is 4.90 Å². The van der Waals surface area contributed by atoms with Gasteiger partial charge in [0.25, 0.3) is 0 Å². The minimum absolute atomic E-state index is 0. The van der Waals surface area contributed by atoms with E-state index in [0.717, 1.165) is 44.6 Å². The second-order valence-corrected chi connectivity index (χ2v) is 6.02. The molecule has 0 amide bonds. The lowest BCUT2D eigenvalue weighted by Gasteiger charge is -2.36. The second-order valence-electron chi connectivity index (χ2n) is 6.02. The van der Waals surface area contributed by atoms with Crippen LogP contribution in [0.5, 0.6) is 11.5 Å². The van der Waals surface area contributed by atoms with Crippen molar-refractivity contribution in [2.45, 2.75) is 32.7 Å². The van der Waals surface area contributed by atoms with Crippen molar-refractivity contribution in [3.63, 3.8) is 0 Å². The molecule has 0 bridgehead atoms. The maximum absolute atomic E-state index is 10.2. The van der Waals surface area contributed by atoms with Crippen molar-refractivity contribution in [2.24, 2.45) is 5.92 Å². The molecule has 1 heterocycles. The molecular formula is C16H28Cl2N2O2. The second kappa shape index (κ2) is 10.2. The van der Waals surface area contributed by atoms with Crippen molar-refractivity contribution in [3.8, 4) is 11.5 Å². The van der Waals surface area contributed by atoms with Crippen molar-refractivity contribution in [2.75, 3.05) is 26.2 Å². The molecule has 22 heavy (non-hydrogen) atoms. The molecule has 1 aromatic rings. The first kappa shape index (κ1) is 21.3. The zero-order valence-corrected chi connectivity index (χ0v) is 14.9. The summed E-state index contributed by atoms with van der Waals surface area (Å²) in [7, 11) is 0. The fraction of sp³-hybridized carbons (Fsp3) is 0.625. The molecule has 1 saturated heterocycles. The Morgan fingerprint density at radius 3 is 2.27 bits per heavy atom. The van der Waals surface area contributed by atoms with Crippen LogP contribution in [0.25, 0.3) is 0 Å². The van der Waals surface area contributed by atoms with Crippen molar-refractivity contribution in [3.05, 3.63) is 23.8 Å². The Kier molecular flexibility index (Phi) is 9.85. The minimum Gasteiger partial charge on any atom is -0.508 e. The van der Waals surface area contributed by atoms with Crippen LogP contribution < -0.4 is 5.32 Å². The summed E-state index contributed by atoms with van der Waals surface area (Å²) in [5.41, 5.74) is 0.936. The average molecular weight is 351 g/mol. The van der Waals surface area contributed by atoms with Crippen molar-refractivity contribution < 1.29 is 10.2 Å². The van der Waals surface area contributed by atoms with Gasteiger partial charge in [-0.1, -0.05) is 19.9 Å². The molecule has 0 radical (unpaired) electrons. The highest BCUT2D eigenvalue weighted by atomic mass is 35.5. The van der Waals surface area contributed by atoms with Crippen LogP contribution in [0.15, 0.2) is 18.2 Å². The van der Waals surface area contributed by atoms with Gasteiger partial charge in [0.05, 0.1) is 0 Å². The minimum atomic E-state index is 0. The summed E-state index contributed by atoms with van der Waals surface area (Å²) >= 11 is 0. The lowest BCUT2D eigenvalue weighted by Crippen LogP contribution is -2.45. The van der Waals surface area contributed by atoms with Gasteiger partial charge in [0.1, 0.15) is 11.5 Å². The van der Waals surface area contributed by atoms with Gasteiger partial charge in [-0.2, -0.15) is 0 Å². The number of phenolic OH excluding ortho intramolecular Hbond substituents is 2. The summed E-state index contributed by atoms with van der Waals surface area (Å²) in [4.78, 5) is 2.44. The van der Waals surface area contributed by atoms with Gasteiger partial charge < -0.3 is 15.5 Å². The summed E-state index contributed by atoms with van der Waals surface area (Å²) in [5, 5.41) is 23.0. The number of piperazine rings is 1. The molecule has 6 heteroatoms. The normalized spacial score (nSPS) is 16.7. The molecule has 1 aliphatic rings. The Morgan fingerprint density at radius 2 is 1.73 bits per heavy atom. The molecule has 0 spiro atoms. The lowest BCUT2D eigenvalue weighted by molar-refractivity contribution is 0.157. The standard InChI is InChI=1S/C16H26N2O2.2ClH/c1-12(2)3-6-15(18-9-7-17-8-10-18)14-5-4-13(19)11-16(14)20;;/h4-5,11-12,15,17,19-20H,3,6-10H2,1-2H3;2*1H/t15-;;/m1../s1. The van der Waals surface area contributed by atoms with E-state index < -0.39 is 0 Å². The van der Waals surface area contributed by atoms with E-state index in [-0.39, 0.29) is 42.4 Å². The summed E-state index contributed by atoms with van der Waals surface area (Å²) < 4.78 is 0. The van der Waals surface area contributed by atoms with E-state index in [9.17, 15) is 10.2 Å². The predicted molar refractivity (Wildman–Crippen MR) is 95.5 cm³/mol. The molecule has 0 aromatic heterocycles. The summed E-state index contributed by atoms with van der Waals surface area (Å²) in [5.74, 6) is 0.978. The molecule has 4 nitrogen and oxygen atoms in total. The Morgan fingerprint density at radius 1 is 1.09 bits per heavy atom. The molecule has 1 atom stereocenters. The van der Waals surface area contributed by atoms with E-state index in [1.165, 1.54) is 6.07 Å². The lowest BCUT2D eigenvalue weighted by atomic mass is 9.95. The van der Waals surface area contributed by atoms with Gasteiger partial charge in [-0.15, -0.1) is 24.8 Å². The van der Waals surface area contributed by atoms with E-state index in [1.807, 2.05) is 6.07 Å². The number of phenols is 2. The monoisotopic (exact) mass is 350 g/mol. The molecule has 1 fully saturated rings. The fourth-order valence-electron chi connectivity index (χ4n) is 2.83. The third kappa shape index (κ3) is 5.84. The Bertz CT molecular complexity index is 438. The Hall–Kier alpha value is -0.680. The van der Waals surface area contributed by atoms with Crippen molar-refractivity contribution in [1.82, 2.24) is 10.2 Å². The van der Waals surface area contributed by atoms with Crippen LogP contribution in [0.4, 0.5) is 0 Å². The third-order valence-electron chi connectivity index (χ3n) is 3.98. The third-order valence-corrected chi connectivity index (χ3v) is 3.98. The number of nitrogens with one attached hydrogen (secondary N) is 1. The van der Waals surface area contributed by atoms with E-state index in [1.54, 1.807) is 6.07 Å². The maximum Gasteiger partial charge on any atom is 0.124 e. The van der Waals surface area contributed by atoms with Crippen LogP contribution in [0.2, 0.25) is 0 Å². The topological polar surface area (TPSA) is 55.7 Å². The fourth-order valence-corrected chi connectivity index (χ4v) is 2.83. The van der Waals surface area contributed by atoms with E-state index in [2.05, 4.69) is 24.1 Å². The van der Waals surface area contributed by atoms with Crippen LogP contribution in [-0.4, -0.2) is 41.3 Å². The summed E-state index contributed by atoms with van der Waals surface area (Å²) in [6, 6.07) is 5.21. The Labute approximate surface area is 145 Å². The molecule has 1 aliphatic heterocycles. The van der Waals surface area contributed by atoms with Crippen LogP contribution in [0.1, 0.15) is 38.3 Å². The summed E-state index contributed by atoms with van der Waals surface area (Å²) in [6.07, 6.45) is 2.17. The first-order valence-electron chi connectivity index (χ1n) is 7.54. The maximum atomic E-state index is 10.2. The zero-order valence-electron chi connectivity index (χ0n) is 13.3. The zero-order chi connectivity index (χ0) is 14.5. The molecular weight excluding hydrogens is 323 g/mol. The van der Waals surface area contributed by atoms with Gasteiger partial charge in [-0.05, 0) is 24.8 Å². The molecule has 2 rings (SSSR count). The average Bonchev–Trinajstić information content (AvgIpc) is 2.42. The van der Waals surface area contributed by atoms with E-state index in [4.69, 9.17) is 0 Å². The smallest absolute Gasteiger partial charge is 0.124 e. The van der Waals surface area contributed by atoms with Gasteiger partial charge >= 0.3 is 0 Å². The van der Waals surface area contributed by atoms with Crippen LogP contribution >= 0.6 is 24.8 Å². The van der Waals surface area contributed by atoms with Gasteiger partial charge in [0.2, 0.25) is 0 Å². The number of benzene rings is 1. The first-order chi connectivity index (χ1) is 9.58. The SMILES string of the molecule is CC(C)CC[C@H](c1ccc(O)cc1O)N1CCNCC1.Cl.Cl. The predicted octanol–water partition coefficient (Wildman–Crippen LogP) is 3.32. The molecule has 3 N–H and O–H groups in total. The highest BCUT2D eigenvalue weighted by Gasteiger charge is 2.24. The molecule has 0 aliphatic carbocycles. The van der Waals surface area contributed by atoms with Gasteiger partial charge in [0, 0.05) is 43.9 Å². The van der Waals surface area contributed by atoms with Crippen molar-refractivity contribution in [1.29, 1.82) is 0 Å². The first-order valence-corrected chi connectivity index (χ1v) is 7.54. The van der Waals surface area contributed by atoms with Crippen LogP contribution in [0, 0.1) is 5.92 Å². The van der Waals surface area contributed by atoms with E-state index >= 15 is 0 Å². The number of hydrogen-bond acceptors (Lipinski definition) is 4. The number of aromatic hydroxyl groups is 2. The quantitative estimate of drug-likeness (QED) is 0.762. The Balaban J connectivity index is 0.00000220. The van der Waals surface area contributed by atoms with Crippen LogP contribution in [-0.2, 0) is 0 Å². The number of hydrogen-bond donors (Lipinski definition) is 3. The largest absolute Gasteiger partial charge is 0.508 e. The molecule has 128 valence electrons. The molecule has 0 unspecified atom stereocenters. The highest BCUT2D eigenvalue weighted by molar-refractivity contribution is 5.85. The van der Waals surface area contributed by atoms with E-state index in [0.29, 0.717) is 5.92 Å². The number of nitrogens with zero attached hydrogens (tertiary/aromatic N) is 1. The van der Waals surface area contributed by atoms with Gasteiger partial charge in [0.15, 0.2) is 0 Å². The van der Waals surface area contributed by atoms with Crippen molar-refractivity contribution >= 4 is 24.8 Å². The van der Waals surface area contributed by atoms with Gasteiger partial charge in [-0.25, -0.2) is 0 Å². The molecule has 1 aromatic carbocycles. The highest BCUT2D eigenvalue weighted by Crippen LogP contribution is 2.35. The number of halogens is 2.